The van der Waals surface area contributed by atoms with E-state index in [1.165, 1.54) is 13.0 Å². The SMILES string of the molecule is CC(NCC(F)(F)C(F)F)c1cccc(C(F)(F)F)c1. The molecule has 0 aliphatic rings. The first-order chi connectivity index (χ1) is 9.04. The van der Waals surface area contributed by atoms with Gasteiger partial charge in [0.15, 0.2) is 0 Å². The molecule has 1 atom stereocenters. The summed E-state index contributed by atoms with van der Waals surface area (Å²) in [7, 11) is 0. The van der Waals surface area contributed by atoms with Crippen molar-refractivity contribution in [1.29, 1.82) is 0 Å². The first kappa shape index (κ1) is 16.7. The van der Waals surface area contributed by atoms with Crippen LogP contribution in [0, 0.1) is 0 Å². The number of hydrogen-bond donors (Lipinski definition) is 1. The van der Waals surface area contributed by atoms with Gasteiger partial charge in [-0.25, -0.2) is 8.78 Å². The van der Waals surface area contributed by atoms with Crippen LogP contribution in [-0.2, 0) is 6.18 Å². The molecular formula is C12H12F7N. The van der Waals surface area contributed by atoms with Gasteiger partial charge in [-0.15, -0.1) is 0 Å². The fourth-order valence-corrected chi connectivity index (χ4v) is 1.47. The third-order valence-corrected chi connectivity index (χ3v) is 2.68. The zero-order valence-corrected chi connectivity index (χ0v) is 10.3. The molecule has 1 aromatic rings. The summed E-state index contributed by atoms with van der Waals surface area (Å²) in [5.41, 5.74) is -0.839. The van der Waals surface area contributed by atoms with Crippen molar-refractivity contribution in [3.63, 3.8) is 0 Å². The molecule has 1 nitrogen and oxygen atoms in total. The number of hydrogen-bond acceptors (Lipinski definition) is 1. The largest absolute Gasteiger partial charge is 0.416 e. The number of alkyl halides is 7. The Labute approximate surface area is 110 Å². The molecule has 1 aromatic carbocycles. The van der Waals surface area contributed by atoms with Crippen molar-refractivity contribution < 1.29 is 30.7 Å². The lowest BCUT2D eigenvalue weighted by molar-refractivity contribution is -0.137. The standard InChI is InChI=1S/C12H12F7N/c1-7(20-6-11(15,16)10(13)14)8-3-2-4-9(5-8)12(17,18)19/h2-5,7,10,20H,6H2,1H3. The first-order valence-electron chi connectivity index (χ1n) is 5.60. The second-order valence-electron chi connectivity index (χ2n) is 4.29. The molecule has 0 aliphatic carbocycles. The predicted octanol–water partition coefficient (Wildman–Crippen LogP) is 4.26. The molecule has 0 aliphatic heterocycles. The molecule has 8 heteroatoms. The highest BCUT2D eigenvalue weighted by Crippen LogP contribution is 2.31. The summed E-state index contributed by atoms with van der Waals surface area (Å²) in [6.45, 7) is -0.000877. The van der Waals surface area contributed by atoms with E-state index in [9.17, 15) is 30.7 Å². The summed E-state index contributed by atoms with van der Waals surface area (Å²) in [5, 5.41) is 2.10. The maximum Gasteiger partial charge on any atom is 0.416 e. The van der Waals surface area contributed by atoms with Crippen LogP contribution in [0.2, 0.25) is 0 Å². The van der Waals surface area contributed by atoms with E-state index in [-0.39, 0.29) is 5.56 Å². The highest BCUT2D eigenvalue weighted by atomic mass is 19.4. The van der Waals surface area contributed by atoms with E-state index >= 15 is 0 Å². The number of rotatable bonds is 5. The van der Waals surface area contributed by atoms with Crippen molar-refractivity contribution in [3.05, 3.63) is 35.4 Å². The summed E-state index contributed by atoms with van der Waals surface area (Å²) in [6.07, 6.45) is -8.38. The van der Waals surface area contributed by atoms with Gasteiger partial charge >= 0.3 is 18.5 Å². The lowest BCUT2D eigenvalue weighted by Gasteiger charge is -2.20. The van der Waals surface area contributed by atoms with Gasteiger partial charge in [0.1, 0.15) is 0 Å². The van der Waals surface area contributed by atoms with Crippen LogP contribution in [0.1, 0.15) is 24.1 Å². The monoisotopic (exact) mass is 303 g/mol. The third-order valence-electron chi connectivity index (χ3n) is 2.68. The van der Waals surface area contributed by atoms with E-state index in [1.807, 2.05) is 0 Å². The van der Waals surface area contributed by atoms with E-state index in [2.05, 4.69) is 5.32 Å². The van der Waals surface area contributed by atoms with Gasteiger partial charge in [0.25, 0.3) is 0 Å². The number of nitrogens with one attached hydrogen (secondary N) is 1. The molecule has 1 unspecified atom stereocenters. The molecule has 20 heavy (non-hydrogen) atoms. The van der Waals surface area contributed by atoms with Gasteiger partial charge in [0.05, 0.1) is 12.1 Å². The molecule has 0 bridgehead atoms. The Balaban J connectivity index is 2.76. The normalized spacial score (nSPS) is 14.7. The lowest BCUT2D eigenvalue weighted by Crippen LogP contribution is -2.39. The Bertz CT molecular complexity index is 442. The Kier molecular flexibility index (Phi) is 5.01. The van der Waals surface area contributed by atoms with Gasteiger partial charge in [0, 0.05) is 6.04 Å². The van der Waals surface area contributed by atoms with Gasteiger partial charge in [-0.2, -0.15) is 22.0 Å². The first-order valence-corrected chi connectivity index (χ1v) is 5.60. The van der Waals surface area contributed by atoms with E-state index in [1.54, 1.807) is 0 Å². The fraction of sp³-hybridized carbons (Fsp3) is 0.500. The lowest BCUT2D eigenvalue weighted by atomic mass is 10.0. The van der Waals surface area contributed by atoms with Crippen LogP contribution in [0.5, 0.6) is 0 Å². The van der Waals surface area contributed by atoms with Gasteiger partial charge in [-0.1, -0.05) is 12.1 Å². The molecule has 0 radical (unpaired) electrons. The summed E-state index contributed by atoms with van der Waals surface area (Å²) >= 11 is 0. The van der Waals surface area contributed by atoms with Crippen molar-refractivity contribution >= 4 is 0 Å². The van der Waals surface area contributed by atoms with E-state index in [0.717, 1.165) is 18.2 Å². The fourth-order valence-electron chi connectivity index (χ4n) is 1.47. The van der Waals surface area contributed by atoms with E-state index in [4.69, 9.17) is 0 Å². The molecule has 1 rings (SSSR count). The smallest absolute Gasteiger partial charge is 0.304 e. The number of benzene rings is 1. The average Bonchev–Trinajstić information content (AvgIpc) is 2.35. The Morgan fingerprint density at radius 2 is 1.70 bits per heavy atom. The van der Waals surface area contributed by atoms with Crippen molar-refractivity contribution in [2.24, 2.45) is 0 Å². The molecule has 0 saturated carbocycles. The van der Waals surface area contributed by atoms with Crippen LogP contribution in [0.3, 0.4) is 0 Å². The van der Waals surface area contributed by atoms with Crippen LogP contribution in [-0.4, -0.2) is 18.9 Å². The highest BCUT2D eigenvalue weighted by Gasteiger charge is 2.40. The minimum atomic E-state index is -4.55. The van der Waals surface area contributed by atoms with Crippen LogP contribution >= 0.6 is 0 Å². The van der Waals surface area contributed by atoms with Crippen LogP contribution < -0.4 is 5.32 Å². The molecule has 1 N–H and O–H groups in total. The molecule has 0 fully saturated rings. The zero-order valence-electron chi connectivity index (χ0n) is 10.3. The van der Waals surface area contributed by atoms with Gasteiger partial charge in [0.2, 0.25) is 0 Å². The molecule has 0 aromatic heterocycles. The molecule has 0 heterocycles. The van der Waals surface area contributed by atoms with Crippen LogP contribution in [0.15, 0.2) is 24.3 Å². The van der Waals surface area contributed by atoms with Crippen LogP contribution in [0.4, 0.5) is 30.7 Å². The maximum atomic E-state index is 12.7. The number of halogens is 7. The Morgan fingerprint density at radius 3 is 2.20 bits per heavy atom. The van der Waals surface area contributed by atoms with Gasteiger partial charge < -0.3 is 5.32 Å². The quantitative estimate of drug-likeness (QED) is 0.802. The second kappa shape index (κ2) is 5.99. The molecule has 0 amide bonds. The summed E-state index contributed by atoms with van der Waals surface area (Å²) in [4.78, 5) is 0. The van der Waals surface area contributed by atoms with Gasteiger partial charge in [-0.3, -0.25) is 0 Å². The van der Waals surface area contributed by atoms with E-state index < -0.39 is 36.7 Å². The molecular weight excluding hydrogens is 291 g/mol. The van der Waals surface area contributed by atoms with Crippen molar-refractivity contribution in [3.8, 4) is 0 Å². The maximum absolute atomic E-state index is 12.7. The minimum absolute atomic E-state index is 0.0879. The summed E-state index contributed by atoms with van der Waals surface area (Å²) in [5.74, 6) is -4.23. The summed E-state index contributed by atoms with van der Waals surface area (Å²) in [6, 6.07) is 3.14. The Morgan fingerprint density at radius 1 is 1.10 bits per heavy atom. The molecule has 0 saturated heterocycles. The minimum Gasteiger partial charge on any atom is -0.304 e. The predicted molar refractivity (Wildman–Crippen MR) is 58.8 cm³/mol. The highest BCUT2D eigenvalue weighted by molar-refractivity contribution is 5.27. The van der Waals surface area contributed by atoms with Gasteiger partial charge in [-0.05, 0) is 24.6 Å². The van der Waals surface area contributed by atoms with Crippen molar-refractivity contribution in [1.82, 2.24) is 5.32 Å². The Hall–Kier alpha value is -1.31. The molecule has 0 spiro atoms. The average molecular weight is 303 g/mol. The second-order valence-corrected chi connectivity index (χ2v) is 4.29. The summed E-state index contributed by atoms with van der Waals surface area (Å²) < 4.78 is 86.7. The van der Waals surface area contributed by atoms with Crippen molar-refractivity contribution in [2.75, 3.05) is 6.54 Å². The van der Waals surface area contributed by atoms with Crippen molar-refractivity contribution in [2.45, 2.75) is 31.5 Å². The zero-order chi connectivity index (χ0) is 15.6. The topological polar surface area (TPSA) is 12.0 Å². The molecule has 114 valence electrons. The third kappa shape index (κ3) is 4.36. The van der Waals surface area contributed by atoms with E-state index in [0.29, 0.717) is 0 Å². The van der Waals surface area contributed by atoms with Crippen LogP contribution in [0.25, 0.3) is 0 Å².